The standard InChI is InChI=1S/C16H12ClFN4/c17-14-5-1-12(2-6-14)9-19-16-20-11-22(21-16)10-13-3-7-15(18)8-4-13/h1-9,11H,10H2/b19-9+. The second-order valence-electron chi connectivity index (χ2n) is 4.68. The molecule has 0 aliphatic heterocycles. The predicted molar refractivity (Wildman–Crippen MR) is 84.2 cm³/mol. The molecule has 0 amide bonds. The number of rotatable bonds is 4. The van der Waals surface area contributed by atoms with E-state index in [9.17, 15) is 4.39 Å². The number of aliphatic imine (C=N–C) groups is 1. The van der Waals surface area contributed by atoms with E-state index in [2.05, 4.69) is 15.1 Å². The molecule has 6 heteroatoms. The highest BCUT2D eigenvalue weighted by Gasteiger charge is 2.00. The molecule has 0 saturated heterocycles. The van der Waals surface area contributed by atoms with Crippen molar-refractivity contribution in [2.45, 2.75) is 6.54 Å². The number of hydrogen-bond acceptors (Lipinski definition) is 3. The summed E-state index contributed by atoms with van der Waals surface area (Å²) in [5.74, 6) is 0.118. The normalized spacial score (nSPS) is 11.2. The van der Waals surface area contributed by atoms with Crippen LogP contribution in [0.2, 0.25) is 5.02 Å². The van der Waals surface area contributed by atoms with Gasteiger partial charge in [0.2, 0.25) is 0 Å². The van der Waals surface area contributed by atoms with Crippen molar-refractivity contribution in [1.29, 1.82) is 0 Å². The Morgan fingerprint density at radius 3 is 2.55 bits per heavy atom. The maximum Gasteiger partial charge on any atom is 0.268 e. The molecule has 0 atom stereocenters. The highest BCUT2D eigenvalue weighted by molar-refractivity contribution is 6.30. The second kappa shape index (κ2) is 6.49. The summed E-state index contributed by atoms with van der Waals surface area (Å²) in [6, 6.07) is 13.6. The van der Waals surface area contributed by atoms with Gasteiger partial charge >= 0.3 is 0 Å². The molecule has 0 saturated carbocycles. The Bertz CT molecular complexity index is 779. The lowest BCUT2D eigenvalue weighted by molar-refractivity contribution is 0.624. The van der Waals surface area contributed by atoms with E-state index in [0.29, 0.717) is 17.5 Å². The molecule has 0 fully saturated rings. The van der Waals surface area contributed by atoms with Crippen molar-refractivity contribution in [3.05, 3.63) is 76.8 Å². The molecule has 3 aromatic rings. The van der Waals surface area contributed by atoms with Crippen molar-refractivity contribution in [3.8, 4) is 0 Å². The predicted octanol–water partition coefficient (Wildman–Crippen LogP) is 3.87. The average molecular weight is 315 g/mol. The first-order valence-corrected chi connectivity index (χ1v) is 7.00. The first-order chi connectivity index (χ1) is 10.7. The Hall–Kier alpha value is -2.53. The van der Waals surface area contributed by atoms with Crippen LogP contribution in [-0.2, 0) is 6.54 Å². The van der Waals surface area contributed by atoms with Gasteiger partial charge in [0, 0.05) is 11.2 Å². The molecule has 0 aliphatic rings. The van der Waals surface area contributed by atoms with Crippen molar-refractivity contribution < 1.29 is 4.39 Å². The summed E-state index contributed by atoms with van der Waals surface area (Å²) < 4.78 is 14.5. The van der Waals surface area contributed by atoms with E-state index in [1.165, 1.54) is 12.1 Å². The Labute approximate surface area is 131 Å². The van der Waals surface area contributed by atoms with Crippen LogP contribution >= 0.6 is 11.6 Å². The lowest BCUT2D eigenvalue weighted by Crippen LogP contribution is -1.99. The molecule has 1 aromatic heterocycles. The minimum Gasteiger partial charge on any atom is -0.246 e. The first-order valence-electron chi connectivity index (χ1n) is 6.62. The van der Waals surface area contributed by atoms with Gasteiger partial charge in [0.15, 0.2) is 0 Å². The van der Waals surface area contributed by atoms with Gasteiger partial charge < -0.3 is 0 Å². The highest BCUT2D eigenvalue weighted by atomic mass is 35.5. The van der Waals surface area contributed by atoms with Crippen molar-refractivity contribution in [3.63, 3.8) is 0 Å². The highest BCUT2D eigenvalue weighted by Crippen LogP contribution is 2.10. The van der Waals surface area contributed by atoms with Crippen molar-refractivity contribution in [1.82, 2.24) is 14.8 Å². The minimum absolute atomic E-state index is 0.254. The van der Waals surface area contributed by atoms with Crippen molar-refractivity contribution in [2.24, 2.45) is 4.99 Å². The molecule has 0 bridgehead atoms. The Balaban J connectivity index is 1.68. The average Bonchev–Trinajstić information content (AvgIpc) is 2.97. The van der Waals surface area contributed by atoms with E-state index in [1.54, 1.807) is 41.5 Å². The molecule has 110 valence electrons. The van der Waals surface area contributed by atoms with Crippen LogP contribution in [0.15, 0.2) is 59.9 Å². The van der Waals surface area contributed by atoms with E-state index in [-0.39, 0.29) is 5.82 Å². The fourth-order valence-corrected chi connectivity index (χ4v) is 2.00. The second-order valence-corrected chi connectivity index (χ2v) is 5.11. The Morgan fingerprint density at radius 1 is 1.09 bits per heavy atom. The molecule has 3 rings (SSSR count). The quantitative estimate of drug-likeness (QED) is 0.686. The molecule has 4 nitrogen and oxygen atoms in total. The summed E-state index contributed by atoms with van der Waals surface area (Å²) in [5.41, 5.74) is 1.86. The molecule has 0 N–H and O–H groups in total. The van der Waals surface area contributed by atoms with Crippen LogP contribution in [0.1, 0.15) is 11.1 Å². The number of benzene rings is 2. The van der Waals surface area contributed by atoms with Gasteiger partial charge in [-0.3, -0.25) is 0 Å². The van der Waals surface area contributed by atoms with Gasteiger partial charge in [-0.1, -0.05) is 35.9 Å². The Morgan fingerprint density at radius 2 is 1.82 bits per heavy atom. The van der Waals surface area contributed by atoms with Gasteiger partial charge in [0.25, 0.3) is 5.95 Å². The van der Waals surface area contributed by atoms with Crippen LogP contribution < -0.4 is 0 Å². The lowest BCUT2D eigenvalue weighted by atomic mass is 10.2. The molecule has 0 aliphatic carbocycles. The number of aromatic nitrogens is 3. The summed E-state index contributed by atoms with van der Waals surface area (Å²) in [7, 11) is 0. The van der Waals surface area contributed by atoms with Crippen molar-refractivity contribution >= 4 is 23.8 Å². The smallest absolute Gasteiger partial charge is 0.246 e. The summed E-state index contributed by atoms with van der Waals surface area (Å²) in [6.45, 7) is 0.518. The number of nitrogens with zero attached hydrogens (tertiary/aromatic N) is 4. The maximum atomic E-state index is 12.9. The summed E-state index contributed by atoms with van der Waals surface area (Å²) >= 11 is 5.82. The zero-order valence-corrected chi connectivity index (χ0v) is 12.3. The van der Waals surface area contributed by atoms with E-state index >= 15 is 0 Å². The topological polar surface area (TPSA) is 43.1 Å². The van der Waals surface area contributed by atoms with E-state index in [4.69, 9.17) is 11.6 Å². The van der Waals surface area contributed by atoms with Crippen LogP contribution in [0, 0.1) is 5.82 Å². The third kappa shape index (κ3) is 3.77. The lowest BCUT2D eigenvalue weighted by Gasteiger charge is -1.99. The van der Waals surface area contributed by atoms with Gasteiger partial charge in [0.1, 0.15) is 12.1 Å². The molecule has 22 heavy (non-hydrogen) atoms. The molecular formula is C16H12ClFN4. The summed E-state index contributed by atoms with van der Waals surface area (Å²) in [6.07, 6.45) is 3.27. The van der Waals surface area contributed by atoms with E-state index < -0.39 is 0 Å². The van der Waals surface area contributed by atoms with Crippen LogP contribution in [0.3, 0.4) is 0 Å². The van der Waals surface area contributed by atoms with Gasteiger partial charge in [-0.15, -0.1) is 5.10 Å². The summed E-state index contributed by atoms with van der Waals surface area (Å²) in [5, 5.41) is 4.93. The third-order valence-corrected chi connectivity index (χ3v) is 3.23. The van der Waals surface area contributed by atoms with Gasteiger partial charge in [-0.2, -0.15) is 4.98 Å². The fraction of sp³-hybridized carbons (Fsp3) is 0.0625. The zero-order chi connectivity index (χ0) is 15.4. The number of halogens is 2. The molecule has 0 radical (unpaired) electrons. The van der Waals surface area contributed by atoms with E-state index in [1.807, 2.05) is 12.1 Å². The Kier molecular flexibility index (Phi) is 4.25. The SMILES string of the molecule is Fc1ccc(Cn2cnc(/N=C/c3ccc(Cl)cc3)n2)cc1. The third-order valence-electron chi connectivity index (χ3n) is 2.98. The largest absolute Gasteiger partial charge is 0.268 e. The van der Waals surface area contributed by atoms with Crippen LogP contribution in [0.4, 0.5) is 10.3 Å². The minimum atomic E-state index is -0.254. The molecule has 1 heterocycles. The van der Waals surface area contributed by atoms with Gasteiger partial charge in [0.05, 0.1) is 6.54 Å². The van der Waals surface area contributed by atoms with Gasteiger partial charge in [-0.05, 0) is 35.4 Å². The molecule has 0 spiro atoms. The molecule has 2 aromatic carbocycles. The zero-order valence-electron chi connectivity index (χ0n) is 11.5. The van der Waals surface area contributed by atoms with E-state index in [0.717, 1.165) is 11.1 Å². The van der Waals surface area contributed by atoms with Crippen molar-refractivity contribution in [2.75, 3.05) is 0 Å². The number of hydrogen-bond donors (Lipinski definition) is 0. The summed E-state index contributed by atoms with van der Waals surface area (Å²) in [4.78, 5) is 8.33. The first kappa shape index (κ1) is 14.4. The van der Waals surface area contributed by atoms with Crippen LogP contribution in [0.25, 0.3) is 0 Å². The maximum absolute atomic E-state index is 12.9. The van der Waals surface area contributed by atoms with Crippen LogP contribution in [0.5, 0.6) is 0 Å². The molecular weight excluding hydrogens is 303 g/mol. The fourth-order valence-electron chi connectivity index (χ4n) is 1.88. The van der Waals surface area contributed by atoms with Gasteiger partial charge in [-0.25, -0.2) is 14.1 Å². The van der Waals surface area contributed by atoms with Crippen LogP contribution in [-0.4, -0.2) is 21.0 Å². The monoisotopic (exact) mass is 314 g/mol. The molecule has 0 unspecified atom stereocenters.